The molecule has 1 saturated heterocycles. The van der Waals surface area contributed by atoms with Crippen LogP contribution in [0.3, 0.4) is 0 Å². The third-order valence-electron chi connectivity index (χ3n) is 4.73. The van der Waals surface area contributed by atoms with Crippen molar-refractivity contribution >= 4 is 41.2 Å². The average molecular weight is 440 g/mol. The molecule has 1 fully saturated rings. The fraction of sp³-hybridized carbons (Fsp3) is 0.182. The van der Waals surface area contributed by atoms with Crippen LogP contribution in [0.5, 0.6) is 11.5 Å². The van der Waals surface area contributed by atoms with Crippen molar-refractivity contribution in [3.05, 3.63) is 64.7 Å². The van der Waals surface area contributed by atoms with E-state index in [0.29, 0.717) is 22.6 Å². The molecule has 1 aliphatic rings. The molecule has 1 aliphatic heterocycles. The standard InChI is InChI=1S/C22H20N2O6S/c1-23-19(25)16(20(26)24(2)22(23)31)11-14-7-5-9-17(29-3)18(14)30-12-13-6-4-8-15(10-13)21(27)28/h4-11H,12H2,1-3H3,(H,27,28). The first kappa shape index (κ1) is 22.0. The number of nitrogens with zero attached hydrogens (tertiary/aromatic N) is 2. The minimum absolute atomic E-state index is 0.0590. The molecule has 9 heteroatoms. The summed E-state index contributed by atoms with van der Waals surface area (Å²) in [5, 5.41) is 9.28. The molecule has 0 aromatic heterocycles. The Hall–Kier alpha value is -3.72. The number of carbonyl (C=O) groups is 3. The van der Waals surface area contributed by atoms with Crippen LogP contribution in [-0.4, -0.2) is 59.0 Å². The minimum atomic E-state index is -1.04. The molecule has 0 atom stereocenters. The molecule has 160 valence electrons. The lowest BCUT2D eigenvalue weighted by Gasteiger charge is -2.31. The molecule has 0 saturated carbocycles. The molecule has 1 N–H and O–H groups in total. The fourth-order valence-corrected chi connectivity index (χ4v) is 3.21. The number of carboxylic acid groups (broad SMARTS) is 1. The van der Waals surface area contributed by atoms with E-state index in [1.807, 2.05) is 0 Å². The second-order valence-electron chi connectivity index (χ2n) is 6.74. The van der Waals surface area contributed by atoms with E-state index in [9.17, 15) is 14.4 Å². The van der Waals surface area contributed by atoms with E-state index >= 15 is 0 Å². The summed E-state index contributed by atoms with van der Waals surface area (Å²) in [6.07, 6.45) is 1.44. The van der Waals surface area contributed by atoms with Crippen molar-refractivity contribution in [2.45, 2.75) is 6.61 Å². The predicted octanol–water partition coefficient (Wildman–Crippen LogP) is 2.57. The molecule has 0 aliphatic carbocycles. The molecular weight excluding hydrogens is 420 g/mol. The number of rotatable bonds is 6. The zero-order chi connectivity index (χ0) is 22.7. The van der Waals surface area contributed by atoms with Crippen LogP contribution in [0.1, 0.15) is 21.5 Å². The van der Waals surface area contributed by atoms with Crippen LogP contribution in [-0.2, 0) is 16.2 Å². The smallest absolute Gasteiger partial charge is 0.335 e. The lowest BCUT2D eigenvalue weighted by atomic mass is 10.1. The highest BCUT2D eigenvalue weighted by Crippen LogP contribution is 2.34. The van der Waals surface area contributed by atoms with Crippen LogP contribution in [0, 0.1) is 0 Å². The predicted molar refractivity (Wildman–Crippen MR) is 117 cm³/mol. The van der Waals surface area contributed by atoms with Gasteiger partial charge in [0.2, 0.25) is 0 Å². The summed E-state index contributed by atoms with van der Waals surface area (Å²) < 4.78 is 11.3. The Morgan fingerprint density at radius 2 is 1.74 bits per heavy atom. The summed E-state index contributed by atoms with van der Waals surface area (Å²) in [6, 6.07) is 11.4. The summed E-state index contributed by atoms with van der Waals surface area (Å²) in [4.78, 5) is 38.9. The highest BCUT2D eigenvalue weighted by molar-refractivity contribution is 7.80. The van der Waals surface area contributed by atoms with E-state index in [2.05, 4.69) is 0 Å². The van der Waals surface area contributed by atoms with Gasteiger partial charge in [-0.15, -0.1) is 0 Å². The van der Waals surface area contributed by atoms with Gasteiger partial charge in [0.05, 0.1) is 12.7 Å². The van der Waals surface area contributed by atoms with Crippen molar-refractivity contribution in [1.82, 2.24) is 9.80 Å². The van der Waals surface area contributed by atoms with Crippen LogP contribution in [0.4, 0.5) is 0 Å². The van der Waals surface area contributed by atoms with E-state index in [-0.39, 0.29) is 22.9 Å². The van der Waals surface area contributed by atoms with Gasteiger partial charge in [-0.05, 0) is 42.1 Å². The Morgan fingerprint density at radius 3 is 2.35 bits per heavy atom. The zero-order valence-electron chi connectivity index (χ0n) is 17.1. The molecule has 3 rings (SSSR count). The van der Waals surface area contributed by atoms with Gasteiger partial charge in [0.1, 0.15) is 12.2 Å². The summed E-state index contributed by atoms with van der Waals surface area (Å²) in [7, 11) is 4.47. The van der Waals surface area contributed by atoms with E-state index in [4.69, 9.17) is 26.8 Å². The average Bonchev–Trinajstić information content (AvgIpc) is 2.78. The lowest BCUT2D eigenvalue weighted by Crippen LogP contribution is -2.52. The maximum atomic E-state index is 12.6. The first-order chi connectivity index (χ1) is 14.7. The van der Waals surface area contributed by atoms with Crippen molar-refractivity contribution in [2.24, 2.45) is 0 Å². The number of thiocarbonyl (C=S) groups is 1. The van der Waals surface area contributed by atoms with Crippen LogP contribution >= 0.6 is 12.2 Å². The molecule has 0 radical (unpaired) electrons. The second-order valence-corrected chi connectivity index (χ2v) is 7.11. The van der Waals surface area contributed by atoms with E-state index < -0.39 is 17.8 Å². The van der Waals surface area contributed by atoms with E-state index in [1.54, 1.807) is 30.3 Å². The second kappa shape index (κ2) is 8.97. The molecule has 8 nitrogen and oxygen atoms in total. The number of likely N-dealkylation sites (N-methyl/N-ethyl adjacent to an activating group) is 2. The number of benzene rings is 2. The van der Waals surface area contributed by atoms with Gasteiger partial charge in [-0.1, -0.05) is 24.3 Å². The lowest BCUT2D eigenvalue weighted by molar-refractivity contribution is -0.132. The summed E-state index contributed by atoms with van der Waals surface area (Å²) in [5.41, 5.74) is 1.17. The maximum absolute atomic E-state index is 12.6. The highest BCUT2D eigenvalue weighted by Gasteiger charge is 2.35. The Balaban J connectivity index is 1.97. The molecule has 0 unspecified atom stereocenters. The highest BCUT2D eigenvalue weighted by atomic mass is 32.1. The fourth-order valence-electron chi connectivity index (χ4n) is 3.04. The summed E-state index contributed by atoms with van der Waals surface area (Å²) in [6.45, 7) is 0.0590. The first-order valence-electron chi connectivity index (χ1n) is 9.18. The zero-order valence-corrected chi connectivity index (χ0v) is 17.9. The van der Waals surface area contributed by atoms with Gasteiger partial charge in [0.25, 0.3) is 11.8 Å². The van der Waals surface area contributed by atoms with Crippen molar-refractivity contribution in [2.75, 3.05) is 21.2 Å². The maximum Gasteiger partial charge on any atom is 0.335 e. The number of hydrogen-bond acceptors (Lipinski definition) is 6. The molecule has 2 aromatic carbocycles. The van der Waals surface area contributed by atoms with Gasteiger partial charge >= 0.3 is 5.97 Å². The monoisotopic (exact) mass is 440 g/mol. The molecule has 1 heterocycles. The Morgan fingerprint density at radius 1 is 1.10 bits per heavy atom. The molecule has 2 amide bonds. The van der Waals surface area contributed by atoms with Gasteiger partial charge < -0.3 is 14.6 Å². The van der Waals surface area contributed by atoms with Gasteiger partial charge in [0.15, 0.2) is 16.6 Å². The van der Waals surface area contributed by atoms with Crippen LogP contribution in [0.2, 0.25) is 0 Å². The number of aromatic carboxylic acids is 1. The summed E-state index contributed by atoms with van der Waals surface area (Å²) >= 11 is 5.11. The van der Waals surface area contributed by atoms with E-state index in [0.717, 1.165) is 0 Å². The van der Waals surface area contributed by atoms with Crippen molar-refractivity contribution in [3.8, 4) is 11.5 Å². The van der Waals surface area contributed by atoms with Crippen LogP contribution in [0.15, 0.2) is 48.0 Å². The van der Waals surface area contributed by atoms with Gasteiger partial charge in [-0.3, -0.25) is 19.4 Å². The number of hydrogen-bond donors (Lipinski definition) is 1. The van der Waals surface area contributed by atoms with Crippen molar-refractivity contribution < 1.29 is 29.0 Å². The molecule has 0 bridgehead atoms. The van der Waals surface area contributed by atoms with E-state index in [1.165, 1.54) is 49.2 Å². The number of carboxylic acids is 1. The third kappa shape index (κ3) is 4.41. The Kier molecular flexibility index (Phi) is 6.36. The number of amides is 2. The Labute approximate surface area is 184 Å². The molecular formula is C22H20N2O6S. The van der Waals surface area contributed by atoms with Crippen molar-refractivity contribution in [1.29, 1.82) is 0 Å². The number of methoxy groups -OCH3 is 1. The van der Waals surface area contributed by atoms with Crippen LogP contribution in [0.25, 0.3) is 6.08 Å². The normalized spacial score (nSPS) is 14.0. The SMILES string of the molecule is COc1cccc(C=C2C(=O)N(C)C(=S)N(C)C2=O)c1OCc1cccc(C(=O)O)c1. The van der Waals surface area contributed by atoms with Crippen LogP contribution < -0.4 is 9.47 Å². The summed E-state index contributed by atoms with van der Waals surface area (Å²) in [5.74, 6) is -1.36. The third-order valence-corrected chi connectivity index (χ3v) is 5.28. The topological polar surface area (TPSA) is 96.4 Å². The molecule has 0 spiro atoms. The molecule has 2 aromatic rings. The Bertz CT molecular complexity index is 1080. The minimum Gasteiger partial charge on any atom is -0.493 e. The molecule has 31 heavy (non-hydrogen) atoms. The van der Waals surface area contributed by atoms with Gasteiger partial charge in [-0.2, -0.15) is 0 Å². The van der Waals surface area contributed by atoms with Gasteiger partial charge in [0, 0.05) is 19.7 Å². The van der Waals surface area contributed by atoms with Crippen molar-refractivity contribution in [3.63, 3.8) is 0 Å². The number of ether oxygens (including phenoxy) is 2. The number of carbonyl (C=O) groups excluding carboxylic acids is 2. The van der Waals surface area contributed by atoms with Gasteiger partial charge in [-0.25, -0.2) is 4.79 Å². The number of para-hydroxylation sites is 1. The first-order valence-corrected chi connectivity index (χ1v) is 9.59. The quantitative estimate of drug-likeness (QED) is 0.419. The largest absolute Gasteiger partial charge is 0.493 e.